The number of methoxy groups -OCH3 is 2. The largest absolute Gasteiger partial charge is 0.491 e. The average molecular weight is 485 g/mol. The van der Waals surface area contributed by atoms with Gasteiger partial charge in [-0.05, 0) is 37.1 Å². The van der Waals surface area contributed by atoms with E-state index >= 15 is 0 Å². The molecule has 190 valence electrons. The fraction of sp³-hybridized carbons (Fsp3) is 0.500. The molecule has 1 aromatic heterocycles. The number of fused-ring (bicyclic) bond motifs is 1. The molecule has 0 saturated heterocycles. The molecule has 1 aromatic carbocycles. The lowest BCUT2D eigenvalue weighted by Gasteiger charge is -2.35. The Bertz CT molecular complexity index is 987. The molecule has 0 spiro atoms. The van der Waals surface area contributed by atoms with Gasteiger partial charge < -0.3 is 24.4 Å². The minimum absolute atomic E-state index is 0.0313. The Balaban J connectivity index is 1.92. The van der Waals surface area contributed by atoms with Crippen molar-refractivity contribution in [3.63, 3.8) is 0 Å². The maximum atomic E-state index is 13.3. The molecule has 0 bridgehead atoms. The monoisotopic (exact) mass is 484 g/mol. The Morgan fingerprint density at radius 2 is 2.00 bits per heavy atom. The number of hydrogen-bond acceptors (Lipinski definition) is 7. The van der Waals surface area contributed by atoms with Gasteiger partial charge in [0.1, 0.15) is 19.0 Å². The summed E-state index contributed by atoms with van der Waals surface area (Å²) >= 11 is 0. The second-order valence-electron chi connectivity index (χ2n) is 9.04. The van der Waals surface area contributed by atoms with E-state index in [4.69, 9.17) is 14.2 Å². The number of pyridine rings is 1. The van der Waals surface area contributed by atoms with E-state index in [2.05, 4.69) is 29.0 Å². The van der Waals surface area contributed by atoms with Crippen LogP contribution < -0.4 is 10.1 Å². The lowest BCUT2D eigenvalue weighted by Crippen LogP contribution is -2.46. The van der Waals surface area contributed by atoms with E-state index in [0.717, 1.165) is 12.2 Å². The molecule has 2 amide bonds. The molecule has 9 nitrogen and oxygen atoms in total. The number of nitrogens with zero attached hydrogens (tertiary/aromatic N) is 3. The van der Waals surface area contributed by atoms with Gasteiger partial charge in [0.15, 0.2) is 0 Å². The molecule has 35 heavy (non-hydrogen) atoms. The zero-order valence-corrected chi connectivity index (χ0v) is 21.2. The maximum Gasteiger partial charge on any atom is 0.257 e. The third-order valence-corrected chi connectivity index (χ3v) is 6.23. The SMILES string of the molecule is COCC(=O)Nc1ccc2c(c1)OC[C@@H](C)N(Cc1ccccn1)C[C@@H](C)[C@@H](OC)CN(C)C2=O. The van der Waals surface area contributed by atoms with E-state index in [1.54, 1.807) is 43.5 Å². The van der Waals surface area contributed by atoms with Gasteiger partial charge in [0, 0.05) is 64.9 Å². The number of aromatic nitrogens is 1. The summed E-state index contributed by atoms with van der Waals surface area (Å²) in [4.78, 5) is 33.8. The Morgan fingerprint density at radius 3 is 2.69 bits per heavy atom. The van der Waals surface area contributed by atoms with Gasteiger partial charge in [-0.2, -0.15) is 0 Å². The summed E-state index contributed by atoms with van der Waals surface area (Å²) < 4.78 is 16.9. The molecule has 0 radical (unpaired) electrons. The van der Waals surface area contributed by atoms with Crippen molar-refractivity contribution in [1.29, 1.82) is 0 Å². The number of nitrogens with one attached hydrogen (secondary N) is 1. The number of carbonyl (C=O) groups is 2. The van der Waals surface area contributed by atoms with Gasteiger partial charge in [-0.25, -0.2) is 0 Å². The molecule has 0 aliphatic carbocycles. The summed E-state index contributed by atoms with van der Waals surface area (Å²) in [7, 11) is 4.91. The van der Waals surface area contributed by atoms with E-state index in [9.17, 15) is 9.59 Å². The summed E-state index contributed by atoms with van der Waals surface area (Å²) in [6, 6.07) is 11.0. The van der Waals surface area contributed by atoms with Gasteiger partial charge in [0.2, 0.25) is 5.91 Å². The number of carbonyl (C=O) groups excluding carboxylic acids is 2. The van der Waals surface area contributed by atoms with Crippen molar-refractivity contribution in [3.05, 3.63) is 53.9 Å². The van der Waals surface area contributed by atoms with Crippen molar-refractivity contribution >= 4 is 17.5 Å². The molecule has 1 aliphatic rings. The molecule has 3 rings (SSSR count). The van der Waals surface area contributed by atoms with Crippen LogP contribution in [0, 0.1) is 5.92 Å². The van der Waals surface area contributed by atoms with E-state index < -0.39 is 0 Å². The Hall–Kier alpha value is -3.01. The number of hydrogen-bond donors (Lipinski definition) is 1. The first-order valence-electron chi connectivity index (χ1n) is 11.8. The second kappa shape index (κ2) is 12.6. The van der Waals surface area contributed by atoms with Crippen molar-refractivity contribution in [2.45, 2.75) is 32.5 Å². The van der Waals surface area contributed by atoms with Gasteiger partial charge in [-0.3, -0.25) is 19.5 Å². The molecule has 0 saturated carbocycles. The second-order valence-corrected chi connectivity index (χ2v) is 9.04. The van der Waals surface area contributed by atoms with Crippen LogP contribution in [0.4, 0.5) is 5.69 Å². The highest BCUT2D eigenvalue weighted by Crippen LogP contribution is 2.27. The van der Waals surface area contributed by atoms with Crippen LogP contribution in [0.2, 0.25) is 0 Å². The normalized spacial score (nSPS) is 21.9. The highest BCUT2D eigenvalue weighted by molar-refractivity contribution is 5.98. The zero-order valence-electron chi connectivity index (χ0n) is 21.2. The van der Waals surface area contributed by atoms with Crippen molar-refractivity contribution in [2.75, 3.05) is 52.9 Å². The maximum absolute atomic E-state index is 13.3. The molecular weight excluding hydrogens is 448 g/mol. The average Bonchev–Trinajstić information content (AvgIpc) is 2.85. The Labute approximate surface area is 207 Å². The van der Waals surface area contributed by atoms with Crippen LogP contribution in [0.1, 0.15) is 29.9 Å². The number of benzene rings is 1. The standard InChI is InChI=1S/C26H36N4O5/c1-18-13-30(14-21-8-6-7-11-27-21)19(2)16-35-23-12-20(28-25(31)17-33-4)9-10-22(23)26(32)29(3)15-24(18)34-5/h6-12,18-19,24H,13-17H2,1-5H3,(H,28,31)/t18-,19-,24+/m1/s1. The first-order valence-corrected chi connectivity index (χ1v) is 11.8. The van der Waals surface area contributed by atoms with Gasteiger partial charge in [0.05, 0.1) is 17.4 Å². The lowest BCUT2D eigenvalue weighted by molar-refractivity contribution is -0.119. The van der Waals surface area contributed by atoms with Gasteiger partial charge >= 0.3 is 0 Å². The third kappa shape index (κ3) is 7.24. The van der Waals surface area contributed by atoms with Gasteiger partial charge in [-0.15, -0.1) is 0 Å². The van der Waals surface area contributed by atoms with Crippen LogP contribution in [0.25, 0.3) is 0 Å². The summed E-state index contributed by atoms with van der Waals surface area (Å²) in [5.41, 5.74) is 1.95. The van der Waals surface area contributed by atoms with Crippen LogP contribution in [0.3, 0.4) is 0 Å². The molecule has 2 aromatic rings. The quantitative estimate of drug-likeness (QED) is 0.674. The Morgan fingerprint density at radius 1 is 1.20 bits per heavy atom. The van der Waals surface area contributed by atoms with Crippen molar-refractivity contribution in [1.82, 2.24) is 14.8 Å². The van der Waals surface area contributed by atoms with E-state index in [0.29, 0.717) is 36.7 Å². The summed E-state index contributed by atoms with van der Waals surface area (Å²) in [5, 5.41) is 2.77. The van der Waals surface area contributed by atoms with E-state index in [1.165, 1.54) is 7.11 Å². The first-order chi connectivity index (χ1) is 16.8. The van der Waals surface area contributed by atoms with Crippen LogP contribution in [0.5, 0.6) is 5.75 Å². The molecule has 0 unspecified atom stereocenters. The molecule has 0 fully saturated rings. The fourth-order valence-electron chi connectivity index (χ4n) is 4.17. The summed E-state index contributed by atoms with van der Waals surface area (Å²) in [5.74, 6) is 0.140. The van der Waals surface area contributed by atoms with Crippen LogP contribution in [0.15, 0.2) is 42.6 Å². The number of amides is 2. The van der Waals surface area contributed by atoms with E-state index in [1.807, 2.05) is 18.2 Å². The van der Waals surface area contributed by atoms with Crippen molar-refractivity contribution < 1.29 is 23.8 Å². The predicted molar refractivity (Wildman–Crippen MR) is 133 cm³/mol. The highest BCUT2D eigenvalue weighted by Gasteiger charge is 2.28. The van der Waals surface area contributed by atoms with Crippen LogP contribution in [-0.4, -0.2) is 86.3 Å². The third-order valence-electron chi connectivity index (χ3n) is 6.23. The Kier molecular flexibility index (Phi) is 9.59. The molecule has 1 aliphatic heterocycles. The van der Waals surface area contributed by atoms with Crippen LogP contribution >= 0.6 is 0 Å². The highest BCUT2D eigenvalue weighted by atomic mass is 16.5. The minimum atomic E-state index is -0.282. The molecule has 9 heteroatoms. The first kappa shape index (κ1) is 26.6. The van der Waals surface area contributed by atoms with Crippen LogP contribution in [-0.2, 0) is 20.8 Å². The number of ether oxygens (including phenoxy) is 3. The topological polar surface area (TPSA) is 93.2 Å². The fourth-order valence-corrected chi connectivity index (χ4v) is 4.17. The number of rotatable bonds is 6. The van der Waals surface area contributed by atoms with Crippen molar-refractivity contribution in [3.8, 4) is 5.75 Å². The lowest BCUT2D eigenvalue weighted by atomic mass is 10.0. The molecule has 3 atom stereocenters. The number of likely N-dealkylation sites (N-methyl/N-ethyl adjacent to an activating group) is 1. The van der Waals surface area contributed by atoms with Gasteiger partial charge in [0.25, 0.3) is 5.91 Å². The molecular formula is C26H36N4O5. The molecule has 2 heterocycles. The van der Waals surface area contributed by atoms with Crippen molar-refractivity contribution in [2.24, 2.45) is 5.92 Å². The molecule has 1 N–H and O–H groups in total. The van der Waals surface area contributed by atoms with E-state index in [-0.39, 0.29) is 36.5 Å². The minimum Gasteiger partial charge on any atom is -0.491 e. The van der Waals surface area contributed by atoms with Gasteiger partial charge in [-0.1, -0.05) is 13.0 Å². The summed E-state index contributed by atoms with van der Waals surface area (Å²) in [6.45, 7) is 6.39. The number of anilines is 1. The zero-order chi connectivity index (χ0) is 25.4. The predicted octanol–water partition coefficient (Wildman–Crippen LogP) is 2.67. The summed E-state index contributed by atoms with van der Waals surface area (Å²) in [6.07, 6.45) is 1.66. The smallest absolute Gasteiger partial charge is 0.257 e.